The van der Waals surface area contributed by atoms with Crippen molar-refractivity contribution in [2.24, 2.45) is 7.05 Å². The summed E-state index contributed by atoms with van der Waals surface area (Å²) in [5, 5.41) is 6.11. The number of ether oxygens (including phenoxy) is 1. The zero-order valence-corrected chi connectivity index (χ0v) is 18.3. The summed E-state index contributed by atoms with van der Waals surface area (Å²) < 4.78 is 6.68. The van der Waals surface area contributed by atoms with Gasteiger partial charge in [-0.05, 0) is 44.6 Å². The van der Waals surface area contributed by atoms with Crippen LogP contribution in [0.4, 0.5) is 4.79 Å². The predicted molar refractivity (Wildman–Crippen MR) is 115 cm³/mol. The van der Waals surface area contributed by atoms with E-state index in [0.717, 1.165) is 53.2 Å². The number of aryl methyl sites for hydroxylation is 2. The highest BCUT2D eigenvalue weighted by Crippen LogP contribution is 2.34. The van der Waals surface area contributed by atoms with Crippen molar-refractivity contribution in [3.63, 3.8) is 0 Å². The molecule has 29 heavy (non-hydrogen) atoms. The van der Waals surface area contributed by atoms with Crippen molar-refractivity contribution in [3.05, 3.63) is 20.8 Å². The number of aromatic nitrogens is 2. The van der Waals surface area contributed by atoms with Gasteiger partial charge in [-0.15, -0.1) is 11.3 Å². The zero-order chi connectivity index (χ0) is 20.8. The Bertz CT molecular complexity index is 954. The number of amides is 3. The van der Waals surface area contributed by atoms with Crippen LogP contribution in [0.2, 0.25) is 0 Å². The Morgan fingerprint density at radius 1 is 1.31 bits per heavy atom. The van der Waals surface area contributed by atoms with Crippen LogP contribution in [0.15, 0.2) is 9.95 Å². The third-order valence-electron chi connectivity index (χ3n) is 4.70. The maximum Gasteiger partial charge on any atom is 0.321 e. The molecule has 2 N–H and O–H groups in total. The van der Waals surface area contributed by atoms with Crippen molar-refractivity contribution in [2.75, 3.05) is 25.5 Å². The molecule has 3 amide bonds. The molecule has 0 fully saturated rings. The highest BCUT2D eigenvalue weighted by atomic mass is 32.2. The van der Waals surface area contributed by atoms with Crippen LogP contribution in [0.3, 0.4) is 0 Å². The first kappa shape index (κ1) is 21.8. The van der Waals surface area contributed by atoms with E-state index < -0.39 is 11.9 Å². The van der Waals surface area contributed by atoms with E-state index in [2.05, 4.69) is 15.6 Å². The summed E-state index contributed by atoms with van der Waals surface area (Å²) in [4.78, 5) is 43.3. The Kier molecular flexibility index (Phi) is 7.68. The molecule has 2 aromatic heterocycles. The summed E-state index contributed by atoms with van der Waals surface area (Å²) in [5.41, 5.74) is 1.09. The fraction of sp³-hybridized carbons (Fsp3) is 0.579. The topological polar surface area (TPSA) is 102 Å². The zero-order valence-electron chi connectivity index (χ0n) is 16.7. The molecule has 1 aliphatic rings. The second-order valence-corrected chi connectivity index (χ2v) is 8.82. The maximum absolute atomic E-state index is 12.8. The molecule has 0 spiro atoms. The number of hydrogen-bond acceptors (Lipinski definition) is 7. The molecule has 0 saturated carbocycles. The average Bonchev–Trinajstić information content (AvgIpc) is 3.08. The number of hydrogen-bond donors (Lipinski definition) is 2. The Morgan fingerprint density at radius 3 is 2.90 bits per heavy atom. The Labute approximate surface area is 177 Å². The number of urea groups is 1. The van der Waals surface area contributed by atoms with Crippen molar-refractivity contribution >= 4 is 45.3 Å². The van der Waals surface area contributed by atoms with Crippen LogP contribution in [-0.4, -0.2) is 47.0 Å². The normalized spacial score (nSPS) is 13.3. The smallest absolute Gasteiger partial charge is 0.321 e. The summed E-state index contributed by atoms with van der Waals surface area (Å²) in [5.74, 6) is -0.430. The number of nitrogens with zero attached hydrogens (tertiary/aromatic N) is 2. The molecule has 2 aromatic rings. The monoisotopic (exact) mass is 438 g/mol. The summed E-state index contributed by atoms with van der Waals surface area (Å²) in [6.07, 6.45) is 4.87. The molecule has 0 atom stereocenters. The molecular weight excluding hydrogens is 412 g/mol. The van der Waals surface area contributed by atoms with Gasteiger partial charge in [0.05, 0.1) is 11.1 Å². The summed E-state index contributed by atoms with van der Waals surface area (Å²) in [6, 6.07) is -0.532. The van der Waals surface area contributed by atoms with E-state index in [4.69, 9.17) is 4.74 Å². The van der Waals surface area contributed by atoms with Gasteiger partial charge in [0.15, 0.2) is 5.16 Å². The standard InChI is InChI=1S/C19H26N4O4S2/c1-3-27-10-6-9-20-18(26)21-14(24)11-28-19-22-16-15(17(25)23(19)2)12-7-4-5-8-13(12)29-16/h3-11H2,1-2H3,(H2,20,21,24,26). The molecule has 10 heteroatoms. The third-order valence-corrected chi connectivity index (χ3v) is 6.91. The molecule has 3 rings (SSSR count). The number of thioether (sulfide) groups is 1. The van der Waals surface area contributed by atoms with Crippen molar-refractivity contribution in [3.8, 4) is 0 Å². The number of fused-ring (bicyclic) bond motifs is 3. The highest BCUT2D eigenvalue weighted by molar-refractivity contribution is 7.99. The van der Waals surface area contributed by atoms with Gasteiger partial charge < -0.3 is 10.1 Å². The van der Waals surface area contributed by atoms with Gasteiger partial charge in [0.2, 0.25) is 5.91 Å². The number of thiophene rings is 1. The molecule has 0 saturated heterocycles. The fourth-order valence-corrected chi connectivity index (χ4v) is 5.33. The lowest BCUT2D eigenvalue weighted by Gasteiger charge is -2.11. The lowest BCUT2D eigenvalue weighted by atomic mass is 9.97. The van der Waals surface area contributed by atoms with Gasteiger partial charge in [0, 0.05) is 31.7 Å². The second kappa shape index (κ2) is 10.2. The molecule has 0 aromatic carbocycles. The maximum atomic E-state index is 12.8. The van der Waals surface area contributed by atoms with E-state index in [1.807, 2.05) is 6.92 Å². The van der Waals surface area contributed by atoms with Gasteiger partial charge in [0.25, 0.3) is 5.56 Å². The molecule has 0 unspecified atom stereocenters. The van der Waals surface area contributed by atoms with E-state index >= 15 is 0 Å². The predicted octanol–water partition coefficient (Wildman–Crippen LogP) is 2.22. The molecular formula is C19H26N4O4S2. The van der Waals surface area contributed by atoms with Gasteiger partial charge in [-0.25, -0.2) is 9.78 Å². The first-order chi connectivity index (χ1) is 14.0. The van der Waals surface area contributed by atoms with Crippen LogP contribution >= 0.6 is 23.1 Å². The molecule has 2 heterocycles. The summed E-state index contributed by atoms with van der Waals surface area (Å²) in [6.45, 7) is 3.54. The van der Waals surface area contributed by atoms with Crippen LogP contribution in [-0.2, 0) is 29.4 Å². The third kappa shape index (κ3) is 5.37. The average molecular weight is 439 g/mol. The molecule has 0 aliphatic heterocycles. The first-order valence-corrected chi connectivity index (χ1v) is 11.6. The van der Waals surface area contributed by atoms with Gasteiger partial charge >= 0.3 is 6.03 Å². The lowest BCUT2D eigenvalue weighted by molar-refractivity contribution is -0.117. The molecule has 1 aliphatic carbocycles. The van der Waals surface area contributed by atoms with Gasteiger partial charge in [-0.2, -0.15) is 0 Å². The van der Waals surface area contributed by atoms with E-state index in [1.54, 1.807) is 18.4 Å². The number of carbonyl (C=O) groups is 2. The van der Waals surface area contributed by atoms with E-state index in [0.29, 0.717) is 31.3 Å². The van der Waals surface area contributed by atoms with Gasteiger partial charge in [-0.3, -0.25) is 19.5 Å². The van der Waals surface area contributed by atoms with Crippen LogP contribution in [0, 0.1) is 0 Å². The van der Waals surface area contributed by atoms with Crippen molar-refractivity contribution in [2.45, 2.75) is 44.2 Å². The minimum Gasteiger partial charge on any atom is -0.382 e. The number of nitrogens with one attached hydrogen (secondary N) is 2. The minimum absolute atomic E-state index is 0.00322. The minimum atomic E-state index is -0.532. The largest absolute Gasteiger partial charge is 0.382 e. The van der Waals surface area contributed by atoms with E-state index in [9.17, 15) is 14.4 Å². The molecule has 0 bridgehead atoms. The second-order valence-electron chi connectivity index (χ2n) is 6.79. The van der Waals surface area contributed by atoms with Crippen LogP contribution in [0.25, 0.3) is 10.2 Å². The van der Waals surface area contributed by atoms with Crippen LogP contribution in [0.5, 0.6) is 0 Å². The molecule has 158 valence electrons. The lowest BCUT2D eigenvalue weighted by Crippen LogP contribution is -2.41. The SMILES string of the molecule is CCOCCCNC(=O)NC(=O)CSc1nc2sc3c(c2c(=O)n1C)CCCC3. The number of imide groups is 1. The van der Waals surface area contributed by atoms with Crippen molar-refractivity contribution in [1.29, 1.82) is 0 Å². The van der Waals surface area contributed by atoms with E-state index in [-0.39, 0.29) is 11.3 Å². The number of rotatable bonds is 8. The quantitative estimate of drug-likeness (QED) is 0.372. The number of carbonyl (C=O) groups excluding carboxylic acids is 2. The molecule has 0 radical (unpaired) electrons. The molecule has 8 nitrogen and oxygen atoms in total. The summed E-state index contributed by atoms with van der Waals surface area (Å²) >= 11 is 2.74. The van der Waals surface area contributed by atoms with Crippen molar-refractivity contribution < 1.29 is 14.3 Å². The van der Waals surface area contributed by atoms with Gasteiger partial charge in [-0.1, -0.05) is 11.8 Å². The van der Waals surface area contributed by atoms with Crippen LogP contribution in [0.1, 0.15) is 36.6 Å². The highest BCUT2D eigenvalue weighted by Gasteiger charge is 2.21. The van der Waals surface area contributed by atoms with Crippen LogP contribution < -0.4 is 16.2 Å². The Hall–Kier alpha value is -1.91. The summed E-state index contributed by atoms with van der Waals surface area (Å²) in [7, 11) is 1.67. The first-order valence-electron chi connectivity index (χ1n) is 9.80. The fourth-order valence-electron chi connectivity index (χ4n) is 3.25. The van der Waals surface area contributed by atoms with Gasteiger partial charge in [0.1, 0.15) is 4.83 Å². The van der Waals surface area contributed by atoms with Crippen molar-refractivity contribution in [1.82, 2.24) is 20.2 Å². The Morgan fingerprint density at radius 2 is 2.10 bits per heavy atom. The Balaban J connectivity index is 1.58. The van der Waals surface area contributed by atoms with E-state index in [1.165, 1.54) is 9.44 Å².